The Kier molecular flexibility index (Phi) is 13.3. The van der Waals surface area contributed by atoms with Gasteiger partial charge in [-0.15, -0.1) is 0 Å². The third-order valence-electron chi connectivity index (χ3n) is 7.09. The number of hydrogen-bond acceptors (Lipinski definition) is 16. The van der Waals surface area contributed by atoms with E-state index in [9.17, 15) is 44.9 Å². The van der Waals surface area contributed by atoms with Crippen molar-refractivity contribution in [3.63, 3.8) is 0 Å². The molecule has 0 saturated heterocycles. The smallest absolute Gasteiger partial charge is 0.338 e. The summed E-state index contributed by atoms with van der Waals surface area (Å²) in [6, 6.07) is 5.55. The molecule has 0 amide bonds. The van der Waals surface area contributed by atoms with Crippen molar-refractivity contribution in [1.29, 1.82) is 0 Å². The molecule has 3 aromatic rings. The van der Waals surface area contributed by atoms with Crippen LogP contribution in [0.5, 0.6) is 46.0 Å². The molecule has 1 aliphatic rings. The maximum Gasteiger partial charge on any atom is 0.338 e. The highest BCUT2D eigenvalue weighted by Gasteiger charge is 2.45. The second-order valence-corrected chi connectivity index (χ2v) is 10.5. The number of benzene rings is 3. The molecule has 3 atom stereocenters. The molecular weight excluding hydrogens is 657 g/mol. The zero-order valence-corrected chi connectivity index (χ0v) is 26.1. The molecule has 0 fully saturated rings. The summed E-state index contributed by atoms with van der Waals surface area (Å²) < 4.78 is 53.5. The van der Waals surface area contributed by atoms with E-state index in [-0.39, 0.29) is 43.3 Å². The molecule has 3 unspecified atom stereocenters. The molecule has 4 rings (SSSR count). The van der Waals surface area contributed by atoms with Gasteiger partial charge in [0.15, 0.2) is 46.8 Å². The summed E-state index contributed by atoms with van der Waals surface area (Å²) in [6.07, 6.45) is -4.39. The number of carbonyl (C=O) groups excluding carboxylic acids is 1. The van der Waals surface area contributed by atoms with Gasteiger partial charge in [0.1, 0.15) is 23.4 Å². The highest BCUT2D eigenvalue weighted by atomic mass is 19.1. The molecule has 0 aliphatic carbocycles. The van der Waals surface area contributed by atoms with Gasteiger partial charge in [-0.05, 0) is 24.3 Å². The number of phenols is 7. The number of carbonyl (C=O) groups is 1. The lowest BCUT2D eigenvalue weighted by Crippen LogP contribution is -2.40. The Morgan fingerprint density at radius 3 is 1.82 bits per heavy atom. The normalized spacial score (nSPS) is 17.0. The van der Waals surface area contributed by atoms with Crippen LogP contribution in [0.2, 0.25) is 0 Å². The lowest BCUT2D eigenvalue weighted by atomic mass is 9.90. The summed E-state index contributed by atoms with van der Waals surface area (Å²) in [7, 11) is 0. The van der Waals surface area contributed by atoms with E-state index in [0.29, 0.717) is 45.6 Å². The molecule has 0 aromatic heterocycles. The Morgan fingerprint density at radius 1 is 0.694 bits per heavy atom. The van der Waals surface area contributed by atoms with Gasteiger partial charge in [-0.3, -0.25) is 0 Å². The Labute approximate surface area is 279 Å². The van der Waals surface area contributed by atoms with Gasteiger partial charge in [-0.2, -0.15) is 0 Å². The summed E-state index contributed by atoms with van der Waals surface area (Å²) in [5, 5.41) is 70.8. The summed E-state index contributed by atoms with van der Waals surface area (Å²) in [6.45, 7) is 2.65. The molecule has 0 bridgehead atoms. The topological polar surface area (TPSA) is 249 Å². The monoisotopic (exact) mass is 695 g/mol. The van der Waals surface area contributed by atoms with Crippen LogP contribution in [0.25, 0.3) is 0 Å². The molecule has 0 saturated carbocycles. The van der Waals surface area contributed by atoms with Gasteiger partial charge < -0.3 is 74.6 Å². The Balaban J connectivity index is 1.50. The van der Waals surface area contributed by atoms with E-state index in [2.05, 4.69) is 0 Å². The summed E-state index contributed by atoms with van der Waals surface area (Å²) in [5.74, 6) is -7.95. The first-order valence-electron chi connectivity index (χ1n) is 15.0. The summed E-state index contributed by atoms with van der Waals surface area (Å²) in [4.78, 5) is 13.3. The van der Waals surface area contributed by atoms with Crippen LogP contribution in [0.15, 0.2) is 36.4 Å². The van der Waals surface area contributed by atoms with Gasteiger partial charge >= 0.3 is 5.97 Å². The fourth-order valence-electron chi connectivity index (χ4n) is 4.83. The predicted octanol–water partition coefficient (Wildman–Crippen LogP) is 2.21. The molecule has 1 aliphatic heterocycles. The molecule has 0 spiro atoms. The average Bonchev–Trinajstić information content (AvgIpc) is 3.06. The van der Waals surface area contributed by atoms with E-state index in [1.54, 1.807) is 0 Å². The van der Waals surface area contributed by atoms with Crippen molar-refractivity contribution in [1.82, 2.24) is 0 Å². The number of nitrogens with two attached hydrogens (primary N) is 1. The molecule has 17 heteroatoms. The minimum absolute atomic E-state index is 0.00690. The van der Waals surface area contributed by atoms with Gasteiger partial charge in [0, 0.05) is 24.2 Å². The van der Waals surface area contributed by atoms with Gasteiger partial charge in [-0.25, -0.2) is 9.18 Å². The van der Waals surface area contributed by atoms with Crippen LogP contribution in [-0.2, 0) is 28.4 Å². The molecule has 49 heavy (non-hydrogen) atoms. The van der Waals surface area contributed by atoms with Gasteiger partial charge in [0.25, 0.3) is 0 Å². The van der Waals surface area contributed by atoms with Gasteiger partial charge in [0.05, 0.1) is 70.6 Å². The third kappa shape index (κ3) is 9.65. The Bertz CT molecular complexity index is 1530. The maximum atomic E-state index is 14.2. The molecule has 1 heterocycles. The van der Waals surface area contributed by atoms with E-state index >= 15 is 0 Å². The largest absolute Gasteiger partial charge is 0.508 e. The number of halogens is 1. The standard InChI is InChI=1S/C32H38FNO15/c33-20-11-18(14-22(37)27(20)40)32(42)49-31-29(17-12-23(38)28(41)24(39)13-17)48-25-16-19(35)15-21(36)26(25)30(31)47-10-9-46-8-7-45-6-5-44-4-3-43-2-1-34/h11-16,29-31,35-41H,1-10,34H2. The number of phenolic OH excluding ortho intramolecular Hbond substituents is 7. The minimum atomic E-state index is -1.57. The second-order valence-electron chi connectivity index (χ2n) is 10.5. The number of ether oxygens (including phenoxy) is 7. The van der Waals surface area contributed by atoms with Crippen molar-refractivity contribution in [2.75, 3.05) is 66.0 Å². The zero-order chi connectivity index (χ0) is 35.5. The molecule has 268 valence electrons. The Hall–Kier alpha value is -4.78. The van der Waals surface area contributed by atoms with Crippen LogP contribution in [0.4, 0.5) is 4.39 Å². The SMILES string of the molecule is NCCOCCOCCOCCOCCOC1c2c(O)cc(O)cc2OC(c2cc(O)c(O)c(O)c2)C1OC(=O)c1cc(O)c(O)c(F)c1. The van der Waals surface area contributed by atoms with Gasteiger partial charge in [0.2, 0.25) is 0 Å². The maximum absolute atomic E-state index is 14.2. The number of fused-ring (bicyclic) bond motifs is 1. The van der Waals surface area contributed by atoms with Crippen LogP contribution >= 0.6 is 0 Å². The molecule has 16 nitrogen and oxygen atoms in total. The van der Waals surface area contributed by atoms with Crippen LogP contribution in [0.3, 0.4) is 0 Å². The van der Waals surface area contributed by atoms with Crippen molar-refractivity contribution in [2.45, 2.75) is 18.3 Å². The van der Waals surface area contributed by atoms with Gasteiger partial charge in [-0.1, -0.05) is 0 Å². The zero-order valence-electron chi connectivity index (χ0n) is 26.1. The third-order valence-corrected chi connectivity index (χ3v) is 7.09. The van der Waals surface area contributed by atoms with Crippen molar-refractivity contribution in [3.05, 3.63) is 58.9 Å². The first kappa shape index (κ1) is 37.0. The molecular formula is C32H38FNO15. The van der Waals surface area contributed by atoms with E-state index in [0.717, 1.165) is 30.3 Å². The number of esters is 1. The first-order chi connectivity index (χ1) is 23.5. The fourth-order valence-corrected chi connectivity index (χ4v) is 4.83. The minimum Gasteiger partial charge on any atom is -0.508 e. The summed E-state index contributed by atoms with van der Waals surface area (Å²) >= 11 is 0. The molecule has 3 aromatic carbocycles. The summed E-state index contributed by atoms with van der Waals surface area (Å²) in [5.41, 5.74) is 4.71. The van der Waals surface area contributed by atoms with Crippen LogP contribution in [-0.4, -0.2) is 114 Å². The first-order valence-corrected chi connectivity index (χ1v) is 15.0. The van der Waals surface area contributed by atoms with E-state index in [1.807, 2.05) is 0 Å². The van der Waals surface area contributed by atoms with Crippen LogP contribution < -0.4 is 10.5 Å². The number of rotatable bonds is 18. The van der Waals surface area contributed by atoms with Crippen LogP contribution in [0.1, 0.15) is 33.7 Å². The van der Waals surface area contributed by atoms with Crippen LogP contribution in [0, 0.1) is 5.82 Å². The van der Waals surface area contributed by atoms with E-state index < -0.39 is 75.9 Å². The highest BCUT2D eigenvalue weighted by Crippen LogP contribution is 2.51. The Morgan fingerprint density at radius 2 is 1.24 bits per heavy atom. The quantitative estimate of drug-likeness (QED) is 0.0540. The van der Waals surface area contributed by atoms with E-state index in [1.165, 1.54) is 0 Å². The number of hydrogen-bond donors (Lipinski definition) is 8. The number of aromatic hydroxyl groups is 7. The fraction of sp³-hybridized carbons (Fsp3) is 0.406. The van der Waals surface area contributed by atoms with Crippen molar-refractivity contribution < 1.29 is 78.1 Å². The lowest BCUT2D eigenvalue weighted by molar-refractivity contribution is -0.118. The van der Waals surface area contributed by atoms with Crippen molar-refractivity contribution in [3.8, 4) is 46.0 Å². The molecule has 0 radical (unpaired) electrons. The van der Waals surface area contributed by atoms with Crippen molar-refractivity contribution >= 4 is 5.97 Å². The van der Waals surface area contributed by atoms with E-state index in [4.69, 9.17) is 38.9 Å². The highest BCUT2D eigenvalue weighted by molar-refractivity contribution is 5.90. The second kappa shape index (κ2) is 17.6. The molecule has 9 N–H and O–H groups in total. The predicted molar refractivity (Wildman–Crippen MR) is 165 cm³/mol. The lowest BCUT2D eigenvalue weighted by Gasteiger charge is -2.39. The van der Waals surface area contributed by atoms with Crippen molar-refractivity contribution in [2.24, 2.45) is 5.73 Å². The average molecular weight is 696 g/mol.